The highest BCUT2D eigenvalue weighted by Crippen LogP contribution is 2.21. The van der Waals surface area contributed by atoms with Gasteiger partial charge in [0.15, 0.2) is 0 Å². The molecule has 0 bridgehead atoms. The van der Waals surface area contributed by atoms with Gasteiger partial charge in [0.25, 0.3) is 0 Å². The number of carboxylic acid groups (broad SMARTS) is 2. The van der Waals surface area contributed by atoms with Crippen LogP contribution >= 0.6 is 0 Å². The standard InChI is InChI=1S/C19H21NO4.2CH4O/c21-18(22)16(14-8-3-1-4-9-14)12-7-13-20-17(19(23)24)15-10-5-2-6-11-15;2*1-2/h1-6,8-11,16-17,20H,7,12-13H2,(H,21,22)(H,23,24);2*2H,1H3. The normalized spacial score (nSPS) is 11.7. The Hall–Kier alpha value is -2.74. The molecule has 2 aromatic rings. The van der Waals surface area contributed by atoms with E-state index in [1.54, 1.807) is 36.4 Å². The van der Waals surface area contributed by atoms with Crippen molar-refractivity contribution in [1.29, 1.82) is 0 Å². The summed E-state index contributed by atoms with van der Waals surface area (Å²) in [4.78, 5) is 22.8. The fraction of sp³-hybridized carbons (Fsp3) is 0.333. The summed E-state index contributed by atoms with van der Waals surface area (Å²) in [5.74, 6) is -2.38. The minimum atomic E-state index is -0.945. The van der Waals surface area contributed by atoms with Crippen LogP contribution in [0.1, 0.15) is 35.9 Å². The van der Waals surface area contributed by atoms with E-state index in [9.17, 15) is 19.8 Å². The second kappa shape index (κ2) is 15.3. The lowest BCUT2D eigenvalue weighted by Gasteiger charge is -2.16. The summed E-state index contributed by atoms with van der Waals surface area (Å²) in [6.07, 6.45) is 1.02. The van der Waals surface area contributed by atoms with Crippen LogP contribution in [0.3, 0.4) is 0 Å². The van der Waals surface area contributed by atoms with Crippen LogP contribution < -0.4 is 5.32 Å². The smallest absolute Gasteiger partial charge is 0.325 e. The highest BCUT2D eigenvalue weighted by atomic mass is 16.4. The summed E-state index contributed by atoms with van der Waals surface area (Å²) in [6, 6.07) is 17.2. The minimum absolute atomic E-state index is 0.433. The van der Waals surface area contributed by atoms with E-state index < -0.39 is 23.9 Å². The number of carboxylic acids is 2. The van der Waals surface area contributed by atoms with E-state index in [1.807, 2.05) is 24.3 Å². The molecule has 0 saturated heterocycles. The van der Waals surface area contributed by atoms with E-state index in [1.165, 1.54) is 0 Å². The maximum atomic E-state index is 11.4. The van der Waals surface area contributed by atoms with Gasteiger partial charge in [0.1, 0.15) is 6.04 Å². The van der Waals surface area contributed by atoms with E-state index >= 15 is 0 Å². The highest BCUT2D eigenvalue weighted by Gasteiger charge is 2.21. The van der Waals surface area contributed by atoms with E-state index in [0.717, 1.165) is 19.8 Å². The number of aliphatic hydroxyl groups is 2. The van der Waals surface area contributed by atoms with E-state index in [-0.39, 0.29) is 0 Å². The second-order valence-corrected chi connectivity index (χ2v) is 5.58. The number of carbonyl (C=O) groups is 2. The molecule has 0 aliphatic carbocycles. The van der Waals surface area contributed by atoms with Gasteiger partial charge in [-0.05, 0) is 30.5 Å². The molecule has 0 aromatic heterocycles. The zero-order valence-corrected chi connectivity index (χ0v) is 16.2. The molecule has 154 valence electrons. The number of hydrogen-bond donors (Lipinski definition) is 5. The van der Waals surface area contributed by atoms with Crippen LogP contribution in [0.25, 0.3) is 0 Å². The summed E-state index contributed by atoms with van der Waals surface area (Å²) in [7, 11) is 2.00. The van der Waals surface area contributed by atoms with Crippen molar-refractivity contribution in [1.82, 2.24) is 5.32 Å². The largest absolute Gasteiger partial charge is 0.481 e. The van der Waals surface area contributed by atoms with Crippen LogP contribution in [0.2, 0.25) is 0 Å². The van der Waals surface area contributed by atoms with Crippen LogP contribution in [0, 0.1) is 0 Å². The summed E-state index contributed by atoms with van der Waals surface area (Å²) in [5.41, 5.74) is 1.45. The van der Waals surface area contributed by atoms with Crippen molar-refractivity contribution >= 4 is 11.9 Å². The molecular formula is C21H29NO6. The van der Waals surface area contributed by atoms with Crippen LogP contribution in [-0.2, 0) is 9.59 Å². The predicted molar refractivity (Wildman–Crippen MR) is 107 cm³/mol. The molecule has 0 fully saturated rings. The van der Waals surface area contributed by atoms with Gasteiger partial charge in [-0.1, -0.05) is 60.7 Å². The molecule has 2 aromatic carbocycles. The summed E-state index contributed by atoms with van der Waals surface area (Å²) >= 11 is 0. The lowest BCUT2D eigenvalue weighted by atomic mass is 9.94. The topological polar surface area (TPSA) is 127 Å². The summed E-state index contributed by atoms with van der Waals surface area (Å²) in [5, 5.41) is 35.7. The third kappa shape index (κ3) is 8.77. The first kappa shape index (κ1) is 25.3. The Morgan fingerprint density at radius 2 is 1.25 bits per heavy atom. The van der Waals surface area contributed by atoms with Crippen LogP contribution in [0.5, 0.6) is 0 Å². The Bertz CT molecular complexity index is 604. The fourth-order valence-electron chi connectivity index (χ4n) is 2.66. The Morgan fingerprint density at radius 3 is 1.68 bits per heavy atom. The van der Waals surface area contributed by atoms with E-state index in [0.29, 0.717) is 24.9 Å². The summed E-state index contributed by atoms with van der Waals surface area (Å²) in [6.45, 7) is 0.433. The average Bonchev–Trinajstić information content (AvgIpc) is 2.74. The Labute approximate surface area is 165 Å². The van der Waals surface area contributed by atoms with E-state index in [2.05, 4.69) is 5.32 Å². The first-order valence-electron chi connectivity index (χ1n) is 8.78. The van der Waals surface area contributed by atoms with Crippen LogP contribution in [-0.4, -0.2) is 53.1 Å². The molecule has 0 radical (unpaired) electrons. The van der Waals surface area contributed by atoms with Gasteiger partial charge in [0, 0.05) is 14.2 Å². The van der Waals surface area contributed by atoms with Gasteiger partial charge >= 0.3 is 11.9 Å². The van der Waals surface area contributed by atoms with Gasteiger partial charge < -0.3 is 25.7 Å². The highest BCUT2D eigenvalue weighted by molar-refractivity contribution is 5.76. The quantitative estimate of drug-likeness (QED) is 0.415. The number of hydrogen-bond acceptors (Lipinski definition) is 5. The predicted octanol–water partition coefficient (Wildman–Crippen LogP) is 2.27. The molecule has 0 heterocycles. The van der Waals surface area contributed by atoms with Gasteiger partial charge in [0.05, 0.1) is 5.92 Å². The average molecular weight is 391 g/mol. The number of nitrogens with one attached hydrogen (secondary N) is 1. The van der Waals surface area contributed by atoms with Crippen molar-refractivity contribution in [3.63, 3.8) is 0 Å². The van der Waals surface area contributed by atoms with Gasteiger partial charge in [-0.15, -0.1) is 0 Å². The van der Waals surface area contributed by atoms with Gasteiger partial charge in [0.2, 0.25) is 0 Å². The number of rotatable bonds is 9. The van der Waals surface area contributed by atoms with Crippen molar-refractivity contribution < 1.29 is 30.0 Å². The second-order valence-electron chi connectivity index (χ2n) is 5.58. The SMILES string of the molecule is CO.CO.O=C(O)C(CCCNC(C(=O)O)c1ccccc1)c1ccccc1. The lowest BCUT2D eigenvalue weighted by Crippen LogP contribution is -2.29. The molecule has 28 heavy (non-hydrogen) atoms. The molecular weight excluding hydrogens is 362 g/mol. The lowest BCUT2D eigenvalue weighted by molar-refractivity contribution is -0.140. The third-order valence-corrected chi connectivity index (χ3v) is 3.90. The van der Waals surface area contributed by atoms with Crippen molar-refractivity contribution in [2.75, 3.05) is 20.8 Å². The first-order valence-corrected chi connectivity index (χ1v) is 8.78. The molecule has 0 amide bonds. The van der Waals surface area contributed by atoms with Crippen LogP contribution in [0.15, 0.2) is 60.7 Å². The molecule has 2 rings (SSSR count). The maximum Gasteiger partial charge on any atom is 0.325 e. The van der Waals surface area contributed by atoms with Crippen LogP contribution in [0.4, 0.5) is 0 Å². The Balaban J connectivity index is 0.00000171. The zero-order valence-electron chi connectivity index (χ0n) is 16.2. The molecule has 2 unspecified atom stereocenters. The van der Waals surface area contributed by atoms with Gasteiger partial charge in [-0.25, -0.2) is 0 Å². The van der Waals surface area contributed by atoms with Crippen molar-refractivity contribution in [2.45, 2.75) is 24.8 Å². The fourth-order valence-corrected chi connectivity index (χ4v) is 2.66. The zero-order chi connectivity index (χ0) is 21.4. The maximum absolute atomic E-state index is 11.4. The molecule has 0 spiro atoms. The summed E-state index contributed by atoms with van der Waals surface area (Å²) < 4.78 is 0. The van der Waals surface area contributed by atoms with Crippen molar-refractivity contribution in [3.8, 4) is 0 Å². The molecule has 0 aliphatic heterocycles. The Kier molecular flexibility index (Phi) is 13.8. The number of aliphatic carboxylic acids is 2. The molecule has 7 heteroatoms. The monoisotopic (exact) mass is 391 g/mol. The molecule has 0 saturated carbocycles. The third-order valence-electron chi connectivity index (χ3n) is 3.90. The van der Waals surface area contributed by atoms with Gasteiger partial charge in [-0.2, -0.15) is 0 Å². The van der Waals surface area contributed by atoms with Gasteiger partial charge in [-0.3, -0.25) is 9.59 Å². The molecule has 5 N–H and O–H groups in total. The first-order chi connectivity index (χ1) is 13.6. The number of aliphatic hydroxyl groups excluding tert-OH is 2. The van der Waals surface area contributed by atoms with Crippen molar-refractivity contribution in [3.05, 3.63) is 71.8 Å². The minimum Gasteiger partial charge on any atom is -0.481 e. The molecule has 0 aliphatic rings. The molecule has 2 atom stereocenters. The molecule has 7 nitrogen and oxygen atoms in total. The van der Waals surface area contributed by atoms with E-state index in [4.69, 9.17) is 10.2 Å². The number of benzene rings is 2. The Morgan fingerprint density at radius 1 is 0.786 bits per heavy atom. The van der Waals surface area contributed by atoms with Crippen molar-refractivity contribution in [2.24, 2.45) is 0 Å².